The smallest absolute Gasteiger partial charge is 0.270 e. The minimum Gasteiger partial charge on any atom is -0.481 e. The Bertz CT molecular complexity index is 1630. The van der Waals surface area contributed by atoms with Crippen LogP contribution in [0.3, 0.4) is 0 Å². The molecule has 0 radical (unpaired) electrons. The first-order valence-electron chi connectivity index (χ1n) is 11.8. The van der Waals surface area contributed by atoms with Gasteiger partial charge in [-0.25, -0.2) is 0 Å². The fourth-order valence-electron chi connectivity index (χ4n) is 3.83. The van der Waals surface area contributed by atoms with E-state index in [1.807, 2.05) is 30.3 Å². The summed E-state index contributed by atoms with van der Waals surface area (Å²) in [4.78, 5) is 36.1. The van der Waals surface area contributed by atoms with E-state index in [4.69, 9.17) is 38.0 Å². The maximum atomic E-state index is 13.5. The summed E-state index contributed by atoms with van der Waals surface area (Å²) in [5.74, 6) is 0.480. The van der Waals surface area contributed by atoms with Crippen LogP contribution in [-0.2, 0) is 9.59 Å². The highest BCUT2D eigenvalue weighted by atomic mass is 35.5. The lowest BCUT2D eigenvalue weighted by atomic mass is 10.1. The fourth-order valence-corrected chi connectivity index (χ4v) is 4.41. The minimum atomic E-state index is -0.669. The first kappa shape index (κ1) is 26.8. The van der Waals surface area contributed by atoms with Gasteiger partial charge in [-0.1, -0.05) is 29.8 Å². The quantitative estimate of drug-likeness (QED) is 0.195. The Kier molecular flexibility index (Phi) is 7.45. The molecule has 2 aromatic carbocycles. The number of carbonyl (C=O) groups excluding carboxylic acids is 2. The van der Waals surface area contributed by atoms with Gasteiger partial charge in [0.15, 0.2) is 5.11 Å². The molecule has 5 rings (SSSR count). The van der Waals surface area contributed by atoms with E-state index in [0.29, 0.717) is 28.4 Å². The van der Waals surface area contributed by atoms with E-state index in [2.05, 4.69) is 20.4 Å². The first-order valence-corrected chi connectivity index (χ1v) is 12.5. The van der Waals surface area contributed by atoms with Crippen LogP contribution in [-0.4, -0.2) is 50.9 Å². The third-order valence-electron chi connectivity index (χ3n) is 5.79. The van der Waals surface area contributed by atoms with Gasteiger partial charge in [0.1, 0.15) is 22.2 Å². The van der Waals surface area contributed by atoms with E-state index < -0.39 is 11.8 Å². The summed E-state index contributed by atoms with van der Waals surface area (Å²) in [5.41, 5.74) is 0.999. The number of rotatable bonds is 7. The Hall–Kier alpha value is -4.81. The highest BCUT2D eigenvalue weighted by Crippen LogP contribution is 2.30. The summed E-state index contributed by atoms with van der Waals surface area (Å²) in [6.45, 7) is 1.67. The molecule has 1 N–H and O–H groups in total. The number of hydrogen-bond donors (Lipinski definition) is 1. The molecule has 1 fully saturated rings. The number of nitrogens with zero attached hydrogens (tertiary/aromatic N) is 5. The summed E-state index contributed by atoms with van der Waals surface area (Å²) >= 11 is 12.0. The van der Waals surface area contributed by atoms with Gasteiger partial charge in [-0.2, -0.15) is 19.7 Å². The zero-order valence-electron chi connectivity index (χ0n) is 21.4. The largest absolute Gasteiger partial charge is 0.481 e. The van der Waals surface area contributed by atoms with Crippen molar-refractivity contribution >= 4 is 52.5 Å². The molecule has 13 heteroatoms. The minimum absolute atomic E-state index is 0.0562. The molecule has 0 atom stereocenters. The van der Waals surface area contributed by atoms with Crippen molar-refractivity contribution in [1.82, 2.24) is 25.1 Å². The Morgan fingerprint density at radius 1 is 0.950 bits per heavy atom. The van der Waals surface area contributed by atoms with Crippen molar-refractivity contribution in [2.75, 3.05) is 19.1 Å². The van der Waals surface area contributed by atoms with E-state index in [0.717, 1.165) is 0 Å². The van der Waals surface area contributed by atoms with Crippen LogP contribution in [0, 0.1) is 6.92 Å². The third kappa shape index (κ3) is 5.22. The molecule has 3 heterocycles. The Labute approximate surface area is 239 Å². The van der Waals surface area contributed by atoms with Crippen LogP contribution < -0.4 is 24.4 Å². The number of hydrogen-bond acceptors (Lipinski definition) is 9. The SMILES string of the molecule is COc1cc(OC)nc(-n2nc(C)c(/C=C3\C(=O)NC(=S)N(c4ccc(Oc5ccccc5)cc4)C3=O)c2Cl)n1. The number of anilines is 1. The van der Waals surface area contributed by atoms with Crippen LogP contribution in [0.5, 0.6) is 23.3 Å². The molecular weight excluding hydrogens is 556 g/mol. The number of nitrogens with one attached hydrogen (secondary N) is 1. The van der Waals surface area contributed by atoms with Gasteiger partial charge in [-0.05, 0) is 61.6 Å². The lowest BCUT2D eigenvalue weighted by molar-refractivity contribution is -0.122. The number of aryl methyl sites for hydroxylation is 1. The van der Waals surface area contributed by atoms with E-state index in [1.54, 1.807) is 31.2 Å². The molecule has 1 aliphatic heterocycles. The van der Waals surface area contributed by atoms with Gasteiger partial charge in [-0.3, -0.25) is 19.8 Å². The number of amides is 2. The number of carbonyl (C=O) groups is 2. The second-order valence-corrected chi connectivity index (χ2v) is 9.07. The number of aromatic nitrogens is 4. The van der Waals surface area contributed by atoms with Crippen molar-refractivity contribution in [3.8, 4) is 29.2 Å². The highest BCUT2D eigenvalue weighted by molar-refractivity contribution is 7.80. The van der Waals surface area contributed by atoms with Gasteiger partial charge in [-0.15, -0.1) is 0 Å². The topological polar surface area (TPSA) is 121 Å². The summed E-state index contributed by atoms with van der Waals surface area (Å²) in [6.07, 6.45) is 1.36. The molecule has 0 unspecified atom stereocenters. The maximum absolute atomic E-state index is 13.5. The second kappa shape index (κ2) is 11.1. The zero-order chi connectivity index (χ0) is 28.4. The van der Waals surface area contributed by atoms with E-state index in [-0.39, 0.29) is 33.5 Å². The van der Waals surface area contributed by atoms with Gasteiger partial charge >= 0.3 is 0 Å². The van der Waals surface area contributed by atoms with Gasteiger partial charge < -0.3 is 14.2 Å². The Morgan fingerprint density at radius 2 is 1.57 bits per heavy atom. The number of thiocarbonyl (C=S) groups is 1. The monoisotopic (exact) mass is 576 g/mol. The lowest BCUT2D eigenvalue weighted by Crippen LogP contribution is -2.54. The fraction of sp³-hybridized carbons (Fsp3) is 0.111. The Morgan fingerprint density at radius 3 is 2.20 bits per heavy atom. The van der Waals surface area contributed by atoms with E-state index >= 15 is 0 Å². The molecule has 0 aliphatic carbocycles. The van der Waals surface area contributed by atoms with Gasteiger partial charge in [0.25, 0.3) is 17.8 Å². The van der Waals surface area contributed by atoms with Crippen molar-refractivity contribution in [3.63, 3.8) is 0 Å². The maximum Gasteiger partial charge on any atom is 0.270 e. The van der Waals surface area contributed by atoms with Gasteiger partial charge in [0.05, 0.1) is 31.7 Å². The van der Waals surface area contributed by atoms with Crippen molar-refractivity contribution < 1.29 is 23.8 Å². The predicted molar refractivity (Wildman–Crippen MR) is 151 cm³/mol. The van der Waals surface area contributed by atoms with Crippen LogP contribution in [0.15, 0.2) is 66.2 Å². The van der Waals surface area contributed by atoms with Gasteiger partial charge in [0.2, 0.25) is 11.8 Å². The van der Waals surface area contributed by atoms with Crippen LogP contribution in [0.1, 0.15) is 11.3 Å². The standard InChI is InChI=1S/C27H21ClN6O5S/c1-15-19(23(28)34(32-15)26-29-21(37-2)14-22(30-26)38-3)13-20-24(35)31-27(40)33(25(20)36)16-9-11-18(12-10-16)39-17-7-5-4-6-8-17/h4-14H,1-3H3,(H,31,35,40)/b20-13+. The molecule has 202 valence electrons. The number of methoxy groups -OCH3 is 2. The van der Waals surface area contributed by atoms with Crippen molar-refractivity contribution in [3.05, 3.63) is 82.6 Å². The average Bonchev–Trinajstić information content (AvgIpc) is 3.24. The summed E-state index contributed by atoms with van der Waals surface area (Å²) in [5, 5.41) is 6.97. The number of para-hydroxylation sites is 1. The van der Waals surface area contributed by atoms with Gasteiger partial charge in [0, 0.05) is 5.56 Å². The summed E-state index contributed by atoms with van der Waals surface area (Å²) in [7, 11) is 2.90. The number of ether oxygens (including phenoxy) is 3. The molecule has 0 saturated carbocycles. The first-order chi connectivity index (χ1) is 19.3. The molecule has 0 bridgehead atoms. The summed E-state index contributed by atoms with van der Waals surface area (Å²) in [6, 6.07) is 17.5. The normalized spacial score (nSPS) is 14.3. The molecule has 40 heavy (non-hydrogen) atoms. The van der Waals surface area contributed by atoms with E-state index in [9.17, 15) is 9.59 Å². The zero-order valence-corrected chi connectivity index (χ0v) is 23.0. The van der Waals surface area contributed by atoms with Crippen molar-refractivity contribution in [2.45, 2.75) is 6.92 Å². The van der Waals surface area contributed by atoms with Crippen LogP contribution >= 0.6 is 23.8 Å². The van der Waals surface area contributed by atoms with Crippen molar-refractivity contribution in [1.29, 1.82) is 0 Å². The summed E-state index contributed by atoms with van der Waals surface area (Å²) < 4.78 is 17.5. The number of benzene rings is 2. The molecule has 0 spiro atoms. The third-order valence-corrected chi connectivity index (χ3v) is 6.44. The molecular formula is C27H21ClN6O5S. The highest BCUT2D eigenvalue weighted by Gasteiger charge is 2.35. The van der Waals surface area contributed by atoms with E-state index in [1.165, 1.54) is 35.9 Å². The lowest BCUT2D eigenvalue weighted by Gasteiger charge is -2.29. The molecule has 1 saturated heterocycles. The van der Waals surface area contributed by atoms with Crippen LogP contribution in [0.25, 0.3) is 12.0 Å². The second-order valence-electron chi connectivity index (χ2n) is 8.32. The van der Waals surface area contributed by atoms with Crippen LogP contribution in [0.4, 0.5) is 5.69 Å². The van der Waals surface area contributed by atoms with Crippen LogP contribution in [0.2, 0.25) is 5.15 Å². The van der Waals surface area contributed by atoms with Crippen molar-refractivity contribution in [2.24, 2.45) is 0 Å². The Balaban J connectivity index is 1.46. The molecule has 1 aliphatic rings. The number of halogens is 1. The predicted octanol–water partition coefficient (Wildman–Crippen LogP) is 4.26. The molecule has 4 aromatic rings. The average molecular weight is 577 g/mol. The molecule has 2 amide bonds. The molecule has 2 aromatic heterocycles. The molecule has 11 nitrogen and oxygen atoms in total.